The maximum Gasteiger partial charge on any atom is 0.0640 e. The van der Waals surface area contributed by atoms with E-state index in [9.17, 15) is 0 Å². The minimum absolute atomic E-state index is 0.319. The third kappa shape index (κ3) is 5.44. The van der Waals surface area contributed by atoms with Gasteiger partial charge in [0.15, 0.2) is 0 Å². The maximum absolute atomic E-state index is 8.73. The van der Waals surface area contributed by atoms with Gasteiger partial charge in [-0.1, -0.05) is 31.4 Å². The summed E-state index contributed by atoms with van der Waals surface area (Å²) in [5.41, 5.74) is 2.81. The van der Waals surface area contributed by atoms with Crippen molar-refractivity contribution in [3.05, 3.63) is 29.8 Å². The van der Waals surface area contributed by atoms with Gasteiger partial charge in [0.25, 0.3) is 0 Å². The molecule has 0 unspecified atom stereocenters. The monoisotopic (exact) mass is 370 g/mol. The molecule has 1 aliphatic carbocycles. The molecule has 27 heavy (non-hydrogen) atoms. The van der Waals surface area contributed by atoms with Crippen molar-refractivity contribution in [1.29, 1.82) is 5.26 Å². The molecule has 1 aliphatic heterocycles. The molecule has 1 aromatic carbocycles. The number of hydrogen-bond acceptors (Lipinski definition) is 5. The lowest BCUT2D eigenvalue weighted by molar-refractivity contribution is -0.0369. The lowest BCUT2D eigenvalue weighted by atomic mass is 9.79. The van der Waals surface area contributed by atoms with Crippen LogP contribution in [0.3, 0.4) is 0 Å². The van der Waals surface area contributed by atoms with Crippen molar-refractivity contribution >= 4 is 5.69 Å². The van der Waals surface area contributed by atoms with Gasteiger partial charge in [-0.15, -0.1) is 0 Å². The first-order chi connectivity index (χ1) is 13.2. The Morgan fingerprint density at radius 2 is 1.85 bits per heavy atom. The van der Waals surface area contributed by atoms with E-state index in [-0.39, 0.29) is 0 Å². The summed E-state index contributed by atoms with van der Waals surface area (Å²) in [4.78, 5) is 4.83. The smallest absolute Gasteiger partial charge is 0.0640 e. The van der Waals surface area contributed by atoms with Gasteiger partial charge >= 0.3 is 0 Å². The lowest BCUT2D eigenvalue weighted by Crippen LogP contribution is -2.59. The van der Waals surface area contributed by atoms with Gasteiger partial charge in [-0.2, -0.15) is 5.26 Å². The van der Waals surface area contributed by atoms with Crippen LogP contribution in [0.1, 0.15) is 44.1 Å². The zero-order valence-corrected chi connectivity index (χ0v) is 16.8. The normalized spacial score (nSPS) is 20.1. The Bertz CT molecular complexity index is 598. The van der Waals surface area contributed by atoms with Gasteiger partial charge in [0.2, 0.25) is 0 Å². The van der Waals surface area contributed by atoms with Gasteiger partial charge in [0, 0.05) is 51.0 Å². The van der Waals surface area contributed by atoms with Gasteiger partial charge < -0.3 is 15.0 Å². The average molecular weight is 371 g/mol. The lowest BCUT2D eigenvalue weighted by Gasteiger charge is -2.48. The molecule has 1 N–H and O–H groups in total. The standard InChI is InChI=1S/C22H34N4O/c1-25(13-5-12-23)21-8-6-20(7-9-21)18-24-19-22(10-3-2-4-11-22)26-14-16-27-17-15-26/h6-9,24H,2-5,10-11,13-19H2,1H3. The summed E-state index contributed by atoms with van der Waals surface area (Å²) >= 11 is 0. The second-order valence-electron chi connectivity index (χ2n) is 7.98. The first-order valence-electron chi connectivity index (χ1n) is 10.4. The highest BCUT2D eigenvalue weighted by Gasteiger charge is 2.38. The van der Waals surface area contributed by atoms with E-state index in [2.05, 4.69) is 45.5 Å². The average Bonchev–Trinajstić information content (AvgIpc) is 2.74. The summed E-state index contributed by atoms with van der Waals surface area (Å²) in [5.74, 6) is 0. The van der Waals surface area contributed by atoms with Gasteiger partial charge in [-0.05, 0) is 30.5 Å². The predicted molar refractivity (Wildman–Crippen MR) is 110 cm³/mol. The highest BCUT2D eigenvalue weighted by Crippen LogP contribution is 2.34. The molecule has 1 aromatic rings. The fourth-order valence-electron chi connectivity index (χ4n) is 4.51. The highest BCUT2D eigenvalue weighted by atomic mass is 16.5. The molecular weight excluding hydrogens is 336 g/mol. The van der Waals surface area contributed by atoms with Crippen LogP contribution in [-0.2, 0) is 11.3 Å². The molecule has 1 heterocycles. The number of nitriles is 1. The maximum atomic E-state index is 8.73. The zero-order valence-electron chi connectivity index (χ0n) is 16.8. The van der Waals surface area contributed by atoms with Crippen molar-refractivity contribution in [3.63, 3.8) is 0 Å². The van der Waals surface area contributed by atoms with Crippen LogP contribution in [-0.4, -0.2) is 56.9 Å². The van der Waals surface area contributed by atoms with E-state index in [0.29, 0.717) is 12.0 Å². The fraction of sp³-hybridized carbons (Fsp3) is 0.682. The van der Waals surface area contributed by atoms with Crippen LogP contribution in [0.5, 0.6) is 0 Å². The van der Waals surface area contributed by atoms with E-state index < -0.39 is 0 Å². The molecule has 0 bridgehead atoms. The minimum Gasteiger partial charge on any atom is -0.379 e. The fourth-order valence-corrected chi connectivity index (χ4v) is 4.51. The summed E-state index contributed by atoms with van der Waals surface area (Å²) in [6.45, 7) is 6.66. The Labute approximate surface area is 164 Å². The third-order valence-corrected chi connectivity index (χ3v) is 6.19. The number of hydrogen-bond donors (Lipinski definition) is 1. The molecule has 5 heteroatoms. The second kappa shape index (κ2) is 10.1. The molecule has 5 nitrogen and oxygen atoms in total. The highest BCUT2D eigenvalue weighted by molar-refractivity contribution is 5.46. The number of nitrogens with zero attached hydrogens (tertiary/aromatic N) is 3. The quantitative estimate of drug-likeness (QED) is 0.762. The summed E-state index contributed by atoms with van der Waals surface area (Å²) in [6.07, 6.45) is 7.26. The SMILES string of the molecule is CN(CCC#N)c1ccc(CNCC2(N3CCOCC3)CCCCC2)cc1. The van der Waals surface area contributed by atoms with Crippen molar-refractivity contribution in [1.82, 2.24) is 10.2 Å². The van der Waals surface area contributed by atoms with Gasteiger partial charge in [0.05, 0.1) is 25.7 Å². The largest absolute Gasteiger partial charge is 0.379 e. The van der Waals surface area contributed by atoms with Crippen LogP contribution >= 0.6 is 0 Å². The molecule has 0 amide bonds. The Balaban J connectivity index is 1.53. The van der Waals surface area contributed by atoms with Gasteiger partial charge in [0.1, 0.15) is 0 Å². The van der Waals surface area contributed by atoms with Crippen molar-refractivity contribution < 1.29 is 4.74 Å². The van der Waals surface area contributed by atoms with E-state index in [4.69, 9.17) is 10.00 Å². The van der Waals surface area contributed by atoms with Crippen LogP contribution in [0.4, 0.5) is 5.69 Å². The number of rotatable bonds is 8. The second-order valence-corrected chi connectivity index (χ2v) is 7.98. The van der Waals surface area contributed by atoms with Crippen LogP contribution in [0, 0.1) is 11.3 Å². The topological polar surface area (TPSA) is 51.5 Å². The molecule has 148 valence electrons. The molecular formula is C22H34N4O. The summed E-state index contributed by atoms with van der Waals surface area (Å²) < 4.78 is 5.58. The van der Waals surface area contributed by atoms with Crippen molar-refractivity contribution in [2.75, 3.05) is 51.3 Å². The number of benzene rings is 1. The van der Waals surface area contributed by atoms with Crippen LogP contribution < -0.4 is 10.2 Å². The van der Waals surface area contributed by atoms with E-state index in [1.165, 1.54) is 43.4 Å². The Morgan fingerprint density at radius 1 is 1.15 bits per heavy atom. The predicted octanol–water partition coefficient (Wildman–Crippen LogP) is 3.16. The number of anilines is 1. The zero-order chi connectivity index (χ0) is 19.0. The van der Waals surface area contributed by atoms with Crippen LogP contribution in [0.2, 0.25) is 0 Å². The summed E-state index contributed by atoms with van der Waals surface area (Å²) in [6, 6.07) is 10.9. The van der Waals surface area contributed by atoms with Crippen LogP contribution in [0.25, 0.3) is 0 Å². The molecule has 2 aliphatic rings. The van der Waals surface area contributed by atoms with E-state index in [0.717, 1.165) is 45.9 Å². The number of morpholine rings is 1. The number of nitrogens with one attached hydrogen (secondary N) is 1. The third-order valence-electron chi connectivity index (χ3n) is 6.19. The van der Waals surface area contributed by atoms with E-state index in [1.54, 1.807) is 0 Å². The Hall–Kier alpha value is -1.61. The van der Waals surface area contributed by atoms with E-state index in [1.807, 2.05) is 7.05 Å². The van der Waals surface area contributed by atoms with Gasteiger partial charge in [-0.3, -0.25) is 4.90 Å². The molecule has 0 aromatic heterocycles. The molecule has 3 rings (SSSR count). The first kappa shape index (κ1) is 20.1. The Kier molecular flexibility index (Phi) is 7.51. The molecule has 1 saturated heterocycles. The molecule has 0 spiro atoms. The van der Waals surface area contributed by atoms with E-state index >= 15 is 0 Å². The molecule has 2 fully saturated rings. The molecule has 0 atom stereocenters. The van der Waals surface area contributed by atoms with Gasteiger partial charge in [-0.25, -0.2) is 0 Å². The Morgan fingerprint density at radius 3 is 2.52 bits per heavy atom. The minimum atomic E-state index is 0.319. The molecule has 0 radical (unpaired) electrons. The molecule has 1 saturated carbocycles. The first-order valence-corrected chi connectivity index (χ1v) is 10.4. The summed E-state index contributed by atoms with van der Waals surface area (Å²) in [5, 5.41) is 12.5. The summed E-state index contributed by atoms with van der Waals surface area (Å²) in [7, 11) is 2.04. The van der Waals surface area contributed by atoms with Crippen molar-refractivity contribution in [2.45, 2.75) is 50.6 Å². The number of ether oxygens (including phenoxy) is 1. The van der Waals surface area contributed by atoms with Crippen molar-refractivity contribution in [2.24, 2.45) is 0 Å². The van der Waals surface area contributed by atoms with Crippen LogP contribution in [0.15, 0.2) is 24.3 Å². The van der Waals surface area contributed by atoms with Crippen molar-refractivity contribution in [3.8, 4) is 6.07 Å².